The highest BCUT2D eigenvalue weighted by atomic mass is 16.1. The molecule has 2 aromatic rings. The van der Waals surface area contributed by atoms with Crippen molar-refractivity contribution in [2.75, 3.05) is 26.7 Å². The van der Waals surface area contributed by atoms with Crippen molar-refractivity contribution in [1.82, 2.24) is 25.3 Å². The molecule has 0 saturated carbocycles. The molecule has 1 aromatic heterocycles. The Kier molecular flexibility index (Phi) is 6.06. The molecule has 0 bridgehead atoms. The molecule has 0 aliphatic carbocycles. The number of carbonyl (C=O) groups excluding carboxylic acids is 1. The Bertz CT molecular complexity index is 732. The molecule has 0 spiro atoms. The van der Waals surface area contributed by atoms with Crippen LogP contribution in [0.25, 0.3) is 5.69 Å². The lowest BCUT2D eigenvalue weighted by atomic mass is 10.0. The van der Waals surface area contributed by atoms with E-state index in [0.717, 1.165) is 43.9 Å². The Balaban J connectivity index is 1.56. The second-order valence-electron chi connectivity index (χ2n) is 7.00. The maximum atomic E-state index is 11.5. The smallest absolute Gasteiger partial charge is 0.233 e. The molecule has 1 aromatic carbocycles. The van der Waals surface area contributed by atoms with Crippen LogP contribution in [0.4, 0.5) is 0 Å². The highest BCUT2D eigenvalue weighted by Crippen LogP contribution is 2.19. The minimum atomic E-state index is 0.0935. The predicted molar refractivity (Wildman–Crippen MR) is 103 cm³/mol. The fourth-order valence-electron chi connectivity index (χ4n) is 3.58. The Morgan fingerprint density at radius 3 is 2.54 bits per heavy atom. The number of rotatable bonds is 6. The van der Waals surface area contributed by atoms with Gasteiger partial charge in [-0.05, 0) is 38.8 Å². The highest BCUT2D eigenvalue weighted by Gasteiger charge is 2.21. The first kappa shape index (κ1) is 18.6. The third kappa shape index (κ3) is 4.31. The van der Waals surface area contributed by atoms with Gasteiger partial charge >= 0.3 is 0 Å². The Labute approximate surface area is 155 Å². The minimum absolute atomic E-state index is 0.0935. The van der Waals surface area contributed by atoms with E-state index in [1.54, 1.807) is 7.05 Å². The first-order valence-electron chi connectivity index (χ1n) is 9.35. The summed E-state index contributed by atoms with van der Waals surface area (Å²) < 4.78 is 2.03. The number of aromatic nitrogens is 2. The molecular formula is C20H29N5O. The molecule has 140 valence electrons. The summed E-state index contributed by atoms with van der Waals surface area (Å²) in [6.45, 7) is 7.49. The molecular weight excluding hydrogens is 326 g/mol. The number of likely N-dealkylation sites (tertiary alicyclic amines) is 1. The van der Waals surface area contributed by atoms with Gasteiger partial charge in [0.15, 0.2) is 0 Å². The van der Waals surface area contributed by atoms with Crippen molar-refractivity contribution in [3.05, 3.63) is 47.3 Å². The van der Waals surface area contributed by atoms with Crippen LogP contribution in [0.1, 0.15) is 29.8 Å². The van der Waals surface area contributed by atoms with Crippen molar-refractivity contribution in [2.45, 2.75) is 39.3 Å². The van der Waals surface area contributed by atoms with Crippen LogP contribution in [-0.4, -0.2) is 53.3 Å². The zero-order valence-corrected chi connectivity index (χ0v) is 16.0. The first-order chi connectivity index (χ1) is 12.6. The third-order valence-electron chi connectivity index (χ3n) is 5.24. The summed E-state index contributed by atoms with van der Waals surface area (Å²) in [7, 11) is 1.69. The van der Waals surface area contributed by atoms with Crippen LogP contribution in [0.3, 0.4) is 0 Å². The van der Waals surface area contributed by atoms with Crippen molar-refractivity contribution in [2.24, 2.45) is 0 Å². The molecule has 1 amide bonds. The molecule has 1 aliphatic heterocycles. The van der Waals surface area contributed by atoms with E-state index in [2.05, 4.69) is 41.5 Å². The van der Waals surface area contributed by atoms with Crippen LogP contribution < -0.4 is 10.6 Å². The summed E-state index contributed by atoms with van der Waals surface area (Å²) in [5.41, 5.74) is 4.65. The summed E-state index contributed by atoms with van der Waals surface area (Å²) in [6.07, 6.45) is 2.14. The largest absolute Gasteiger partial charge is 0.358 e. The number of hydrogen-bond donors (Lipinski definition) is 2. The van der Waals surface area contributed by atoms with Crippen LogP contribution in [0, 0.1) is 13.8 Å². The fraction of sp³-hybridized carbons (Fsp3) is 0.500. The number of nitrogens with one attached hydrogen (secondary N) is 2. The van der Waals surface area contributed by atoms with Crippen molar-refractivity contribution in [3.8, 4) is 5.69 Å². The summed E-state index contributed by atoms with van der Waals surface area (Å²) >= 11 is 0. The molecule has 2 heterocycles. The van der Waals surface area contributed by atoms with Gasteiger partial charge in [0.1, 0.15) is 0 Å². The Morgan fingerprint density at radius 2 is 1.88 bits per heavy atom. The zero-order chi connectivity index (χ0) is 18.5. The van der Waals surface area contributed by atoms with Crippen LogP contribution in [-0.2, 0) is 11.3 Å². The van der Waals surface area contributed by atoms with Crippen molar-refractivity contribution in [1.29, 1.82) is 0 Å². The van der Waals surface area contributed by atoms with E-state index in [9.17, 15) is 4.79 Å². The topological polar surface area (TPSA) is 62.2 Å². The third-order valence-corrected chi connectivity index (χ3v) is 5.24. The molecule has 26 heavy (non-hydrogen) atoms. The number of nitrogens with zero attached hydrogens (tertiary/aromatic N) is 3. The molecule has 3 rings (SSSR count). The number of aryl methyl sites for hydroxylation is 1. The number of piperidine rings is 1. The van der Waals surface area contributed by atoms with E-state index in [-0.39, 0.29) is 5.91 Å². The molecule has 6 heteroatoms. The molecule has 0 radical (unpaired) electrons. The van der Waals surface area contributed by atoms with Gasteiger partial charge in [0.05, 0.1) is 17.9 Å². The van der Waals surface area contributed by atoms with Crippen LogP contribution in [0.2, 0.25) is 0 Å². The van der Waals surface area contributed by atoms with E-state index in [1.165, 1.54) is 11.3 Å². The second kappa shape index (κ2) is 8.47. The number of likely N-dealkylation sites (N-methyl/N-ethyl adjacent to an activating group) is 1. The SMILES string of the molecule is CNC(=O)CN1CCC(NCc2c(C)nn(-c3ccccc3)c2C)CC1. The number of hydrogen-bond acceptors (Lipinski definition) is 4. The van der Waals surface area contributed by atoms with Crippen molar-refractivity contribution in [3.63, 3.8) is 0 Å². The Hall–Kier alpha value is -2.18. The maximum Gasteiger partial charge on any atom is 0.233 e. The van der Waals surface area contributed by atoms with Crippen molar-refractivity contribution >= 4 is 5.91 Å². The first-order valence-corrected chi connectivity index (χ1v) is 9.35. The molecule has 0 atom stereocenters. The second-order valence-corrected chi connectivity index (χ2v) is 7.00. The summed E-state index contributed by atoms with van der Waals surface area (Å²) in [5.74, 6) is 0.0935. The molecule has 6 nitrogen and oxygen atoms in total. The van der Waals surface area contributed by atoms with Crippen LogP contribution in [0.15, 0.2) is 30.3 Å². The average molecular weight is 355 g/mol. The quantitative estimate of drug-likeness (QED) is 0.829. The van der Waals surface area contributed by atoms with Crippen LogP contribution in [0.5, 0.6) is 0 Å². The van der Waals surface area contributed by atoms with Gasteiger partial charge in [-0.25, -0.2) is 4.68 Å². The number of amides is 1. The van der Waals surface area contributed by atoms with Crippen LogP contribution >= 0.6 is 0 Å². The number of benzene rings is 1. The van der Waals surface area contributed by atoms with Gasteiger partial charge in [0, 0.05) is 44.0 Å². The van der Waals surface area contributed by atoms with Gasteiger partial charge < -0.3 is 10.6 Å². The molecule has 1 fully saturated rings. The summed E-state index contributed by atoms with van der Waals surface area (Å²) in [6, 6.07) is 10.8. The number of carbonyl (C=O) groups is 1. The minimum Gasteiger partial charge on any atom is -0.358 e. The van der Waals surface area contributed by atoms with E-state index in [0.29, 0.717) is 12.6 Å². The normalized spacial score (nSPS) is 16.0. The van der Waals surface area contributed by atoms with E-state index in [4.69, 9.17) is 5.10 Å². The summed E-state index contributed by atoms with van der Waals surface area (Å²) in [5, 5.41) is 11.1. The molecule has 2 N–H and O–H groups in total. The lowest BCUT2D eigenvalue weighted by Gasteiger charge is -2.31. The standard InChI is InChI=1S/C20H29N5O/c1-15-19(16(2)25(23-15)18-7-5-4-6-8-18)13-22-17-9-11-24(12-10-17)14-20(26)21-3/h4-8,17,22H,9-14H2,1-3H3,(H,21,26). The van der Waals surface area contributed by atoms with E-state index >= 15 is 0 Å². The maximum absolute atomic E-state index is 11.5. The monoisotopic (exact) mass is 355 g/mol. The average Bonchev–Trinajstić information content (AvgIpc) is 2.95. The van der Waals surface area contributed by atoms with Gasteiger partial charge in [-0.3, -0.25) is 9.69 Å². The molecule has 0 unspecified atom stereocenters. The molecule has 1 saturated heterocycles. The summed E-state index contributed by atoms with van der Waals surface area (Å²) in [4.78, 5) is 13.7. The molecule has 1 aliphatic rings. The lowest BCUT2D eigenvalue weighted by Crippen LogP contribution is -2.45. The number of para-hydroxylation sites is 1. The van der Waals surface area contributed by atoms with Gasteiger partial charge in [0.2, 0.25) is 5.91 Å². The van der Waals surface area contributed by atoms with Gasteiger partial charge in [-0.1, -0.05) is 18.2 Å². The van der Waals surface area contributed by atoms with Gasteiger partial charge in [-0.15, -0.1) is 0 Å². The van der Waals surface area contributed by atoms with Crippen molar-refractivity contribution < 1.29 is 4.79 Å². The predicted octanol–water partition coefficient (Wildman–Crippen LogP) is 1.79. The highest BCUT2D eigenvalue weighted by molar-refractivity contribution is 5.77. The van der Waals surface area contributed by atoms with Gasteiger partial charge in [0.25, 0.3) is 0 Å². The van der Waals surface area contributed by atoms with E-state index in [1.807, 2.05) is 22.9 Å². The Morgan fingerprint density at radius 1 is 1.19 bits per heavy atom. The fourth-order valence-corrected chi connectivity index (χ4v) is 3.58. The zero-order valence-electron chi connectivity index (χ0n) is 16.0. The van der Waals surface area contributed by atoms with E-state index < -0.39 is 0 Å². The lowest BCUT2D eigenvalue weighted by molar-refractivity contribution is -0.122. The van der Waals surface area contributed by atoms with Gasteiger partial charge in [-0.2, -0.15) is 5.10 Å².